The number of carbonyl (C=O) groups excluding carboxylic acids is 2. The Balaban J connectivity index is 1.30. The van der Waals surface area contributed by atoms with Crippen LogP contribution in [-0.2, 0) is 14.3 Å². The molecular formula is C28H38N4O4. The van der Waals surface area contributed by atoms with Gasteiger partial charge < -0.3 is 14.5 Å². The van der Waals surface area contributed by atoms with Crippen LogP contribution >= 0.6 is 0 Å². The molecule has 4 rings (SSSR count). The first-order chi connectivity index (χ1) is 17.4. The molecule has 0 aliphatic carbocycles. The van der Waals surface area contributed by atoms with Crippen molar-refractivity contribution >= 4 is 17.5 Å². The first-order valence-corrected chi connectivity index (χ1v) is 13.0. The van der Waals surface area contributed by atoms with Crippen LogP contribution < -0.4 is 5.32 Å². The van der Waals surface area contributed by atoms with Gasteiger partial charge in [0.1, 0.15) is 11.8 Å². The fraction of sp³-hybridized carbons (Fsp3) is 0.536. The minimum Gasteiger partial charge on any atom is -0.467 e. The molecule has 2 aliphatic rings. The summed E-state index contributed by atoms with van der Waals surface area (Å²) in [5.41, 5.74) is 3.10. The van der Waals surface area contributed by atoms with Gasteiger partial charge in [-0.3, -0.25) is 14.5 Å². The molecule has 0 radical (unpaired) electrons. The van der Waals surface area contributed by atoms with Crippen LogP contribution in [0.2, 0.25) is 0 Å². The number of ether oxygens (including phenoxy) is 1. The number of likely N-dealkylation sites (tertiary alicyclic amines) is 1. The highest BCUT2D eigenvalue weighted by Crippen LogP contribution is 2.33. The van der Waals surface area contributed by atoms with E-state index < -0.39 is 0 Å². The van der Waals surface area contributed by atoms with Crippen LogP contribution in [0.25, 0.3) is 0 Å². The van der Waals surface area contributed by atoms with Crippen LogP contribution in [0.5, 0.6) is 0 Å². The van der Waals surface area contributed by atoms with E-state index in [2.05, 4.69) is 41.4 Å². The topological polar surface area (TPSA) is 87.4 Å². The van der Waals surface area contributed by atoms with Crippen LogP contribution in [0.4, 0.5) is 0 Å². The number of amides is 2. The highest BCUT2D eigenvalue weighted by Gasteiger charge is 2.36. The van der Waals surface area contributed by atoms with Gasteiger partial charge in [-0.2, -0.15) is 5.10 Å². The molecule has 1 aromatic carbocycles. The molecule has 36 heavy (non-hydrogen) atoms. The van der Waals surface area contributed by atoms with Crippen LogP contribution in [0.15, 0.2) is 52.2 Å². The first-order valence-electron chi connectivity index (χ1n) is 13.0. The lowest BCUT2D eigenvalue weighted by Crippen LogP contribution is -2.44. The normalized spacial score (nSPS) is 19.1. The average Bonchev–Trinajstić information content (AvgIpc) is 3.55. The summed E-state index contributed by atoms with van der Waals surface area (Å²) in [5.74, 6) is 0.793. The van der Waals surface area contributed by atoms with Crippen LogP contribution in [-0.4, -0.2) is 66.3 Å². The van der Waals surface area contributed by atoms with Crippen molar-refractivity contribution in [2.75, 3.05) is 32.8 Å². The summed E-state index contributed by atoms with van der Waals surface area (Å²) in [5, 5.41) is 9.35. The molecule has 1 fully saturated rings. The number of nitrogens with one attached hydrogen (secondary N) is 1. The molecule has 0 bridgehead atoms. The van der Waals surface area contributed by atoms with E-state index in [4.69, 9.17) is 14.3 Å². The molecule has 8 nitrogen and oxygen atoms in total. The van der Waals surface area contributed by atoms with E-state index in [0.29, 0.717) is 32.7 Å². The fourth-order valence-corrected chi connectivity index (χ4v) is 4.73. The largest absolute Gasteiger partial charge is 0.467 e. The number of hydrogen-bond acceptors (Lipinski definition) is 6. The average molecular weight is 495 g/mol. The number of piperidine rings is 1. The second kappa shape index (κ2) is 12.3. The number of rotatable bonds is 10. The molecule has 3 heterocycles. The molecule has 1 N–H and O–H groups in total. The highest BCUT2D eigenvalue weighted by atomic mass is 16.5. The van der Waals surface area contributed by atoms with Crippen LogP contribution in [0.1, 0.15) is 62.5 Å². The Morgan fingerprint density at radius 2 is 1.92 bits per heavy atom. The SMILES string of the molecule is Cc1ccc(C2=NN(C(=O)CN3CCC(C(=O)NCCCOC(C)C)CC3)C(c3ccco3)C2)cc1. The first kappa shape index (κ1) is 26.1. The van der Waals surface area contributed by atoms with Crippen molar-refractivity contribution in [2.45, 2.75) is 58.6 Å². The lowest BCUT2D eigenvalue weighted by molar-refractivity contribution is -0.135. The molecule has 194 valence electrons. The van der Waals surface area contributed by atoms with Gasteiger partial charge in [0.2, 0.25) is 5.91 Å². The third kappa shape index (κ3) is 6.83. The quantitative estimate of drug-likeness (QED) is 0.506. The molecule has 0 spiro atoms. The number of aryl methyl sites for hydroxylation is 1. The summed E-state index contributed by atoms with van der Waals surface area (Å²) in [6.07, 6.45) is 4.78. The maximum absolute atomic E-state index is 13.4. The van der Waals surface area contributed by atoms with Gasteiger partial charge in [0.15, 0.2) is 0 Å². The Hall–Kier alpha value is -2.97. The third-order valence-corrected chi connectivity index (χ3v) is 6.81. The Labute approximate surface area is 213 Å². The minimum atomic E-state index is -0.244. The fourth-order valence-electron chi connectivity index (χ4n) is 4.73. The van der Waals surface area contributed by atoms with Gasteiger partial charge in [-0.1, -0.05) is 29.8 Å². The van der Waals surface area contributed by atoms with Crippen molar-refractivity contribution in [2.24, 2.45) is 11.0 Å². The van der Waals surface area contributed by atoms with Gasteiger partial charge >= 0.3 is 0 Å². The Morgan fingerprint density at radius 1 is 1.17 bits per heavy atom. The van der Waals surface area contributed by atoms with Crippen molar-refractivity contribution < 1.29 is 18.7 Å². The maximum atomic E-state index is 13.4. The molecule has 1 atom stereocenters. The highest BCUT2D eigenvalue weighted by molar-refractivity contribution is 6.03. The van der Waals surface area contributed by atoms with E-state index in [1.807, 2.05) is 26.0 Å². The summed E-state index contributed by atoms with van der Waals surface area (Å²) in [6, 6.07) is 11.7. The monoisotopic (exact) mass is 494 g/mol. The number of carbonyl (C=O) groups is 2. The van der Waals surface area contributed by atoms with Gasteiger partial charge in [0, 0.05) is 25.5 Å². The van der Waals surface area contributed by atoms with Crippen molar-refractivity contribution in [1.82, 2.24) is 15.2 Å². The molecule has 2 aromatic rings. The van der Waals surface area contributed by atoms with E-state index in [1.54, 1.807) is 11.3 Å². The Kier molecular flexibility index (Phi) is 8.93. The summed E-state index contributed by atoms with van der Waals surface area (Å²) in [4.78, 5) is 28.0. The van der Waals surface area contributed by atoms with Crippen molar-refractivity contribution in [3.63, 3.8) is 0 Å². The van der Waals surface area contributed by atoms with Gasteiger partial charge in [-0.05, 0) is 70.8 Å². The summed E-state index contributed by atoms with van der Waals surface area (Å²) in [6.45, 7) is 9.07. The lowest BCUT2D eigenvalue weighted by atomic mass is 9.96. The standard InChI is InChI=1S/C28H38N4O4/c1-20(2)35-17-5-13-29-28(34)23-11-14-31(15-12-23)19-27(33)32-25(26-6-4-16-36-26)18-24(30-32)22-9-7-21(3)8-10-22/h4,6-10,16,20,23,25H,5,11-15,17-19H2,1-3H3,(H,29,34). The molecule has 2 amide bonds. The lowest BCUT2D eigenvalue weighted by Gasteiger charge is -2.32. The molecule has 2 aliphatic heterocycles. The zero-order valence-corrected chi connectivity index (χ0v) is 21.6. The second-order valence-electron chi connectivity index (χ2n) is 10.0. The molecule has 1 unspecified atom stereocenters. The van der Waals surface area contributed by atoms with Gasteiger partial charge in [0.25, 0.3) is 5.91 Å². The maximum Gasteiger partial charge on any atom is 0.257 e. The van der Waals surface area contributed by atoms with Gasteiger partial charge in [-0.15, -0.1) is 0 Å². The van der Waals surface area contributed by atoms with Crippen molar-refractivity contribution in [3.8, 4) is 0 Å². The summed E-state index contributed by atoms with van der Waals surface area (Å²) < 4.78 is 11.2. The zero-order valence-electron chi connectivity index (χ0n) is 21.6. The number of nitrogens with zero attached hydrogens (tertiary/aromatic N) is 3. The number of benzene rings is 1. The Bertz CT molecular complexity index is 1020. The molecule has 1 saturated heterocycles. The molecule has 0 saturated carbocycles. The number of hydrazone groups is 1. The van der Waals surface area contributed by atoms with E-state index >= 15 is 0 Å². The molecular weight excluding hydrogens is 456 g/mol. The van der Waals surface area contributed by atoms with Crippen LogP contribution in [0, 0.1) is 12.8 Å². The third-order valence-electron chi connectivity index (χ3n) is 6.81. The van der Waals surface area contributed by atoms with Crippen LogP contribution in [0.3, 0.4) is 0 Å². The number of hydrogen-bond donors (Lipinski definition) is 1. The van der Waals surface area contributed by atoms with Gasteiger partial charge in [-0.25, -0.2) is 5.01 Å². The van der Waals surface area contributed by atoms with E-state index in [1.165, 1.54) is 5.56 Å². The second-order valence-corrected chi connectivity index (χ2v) is 10.0. The van der Waals surface area contributed by atoms with E-state index in [-0.39, 0.29) is 36.4 Å². The summed E-state index contributed by atoms with van der Waals surface area (Å²) in [7, 11) is 0. The smallest absolute Gasteiger partial charge is 0.257 e. The predicted octanol–water partition coefficient (Wildman–Crippen LogP) is 3.91. The minimum absolute atomic E-state index is 0.00353. The summed E-state index contributed by atoms with van der Waals surface area (Å²) >= 11 is 0. The zero-order chi connectivity index (χ0) is 25.5. The predicted molar refractivity (Wildman–Crippen MR) is 139 cm³/mol. The van der Waals surface area contributed by atoms with Gasteiger partial charge in [0.05, 0.1) is 24.6 Å². The molecule has 1 aromatic heterocycles. The van der Waals surface area contributed by atoms with E-state index in [0.717, 1.165) is 36.3 Å². The Morgan fingerprint density at radius 3 is 2.58 bits per heavy atom. The number of furan rings is 1. The van der Waals surface area contributed by atoms with Crippen molar-refractivity contribution in [3.05, 3.63) is 59.5 Å². The van der Waals surface area contributed by atoms with Crippen molar-refractivity contribution in [1.29, 1.82) is 0 Å². The van der Waals surface area contributed by atoms with E-state index in [9.17, 15) is 9.59 Å². The molecule has 8 heteroatoms.